The number of pyridine rings is 1. The van der Waals surface area contributed by atoms with Crippen LogP contribution in [0.3, 0.4) is 0 Å². The van der Waals surface area contributed by atoms with Crippen LogP contribution in [-0.2, 0) is 14.6 Å². The highest BCUT2D eigenvalue weighted by Crippen LogP contribution is 2.46. The van der Waals surface area contributed by atoms with Gasteiger partial charge in [0.2, 0.25) is 0 Å². The molecule has 2 saturated heterocycles. The number of nitrogens with one attached hydrogen (secondary N) is 1. The van der Waals surface area contributed by atoms with Gasteiger partial charge in [-0.25, -0.2) is 18.2 Å². The van der Waals surface area contributed by atoms with Crippen LogP contribution in [0.25, 0.3) is 28.0 Å². The topological polar surface area (TPSA) is 119 Å². The molecule has 3 atom stereocenters. The van der Waals surface area contributed by atoms with E-state index in [0.717, 1.165) is 35.2 Å². The fourth-order valence-corrected chi connectivity index (χ4v) is 7.54. The van der Waals surface area contributed by atoms with Crippen LogP contribution in [0.15, 0.2) is 59.8 Å². The number of anilines is 1. The molecule has 0 aliphatic carbocycles. The molecule has 11 heteroatoms. The Hall–Kier alpha value is -3.99. The molecule has 42 heavy (non-hydrogen) atoms. The molecule has 0 spiro atoms. The van der Waals surface area contributed by atoms with Crippen molar-refractivity contribution in [1.82, 2.24) is 24.5 Å². The van der Waals surface area contributed by atoms with Crippen molar-refractivity contribution in [2.75, 3.05) is 18.6 Å². The van der Waals surface area contributed by atoms with Gasteiger partial charge >= 0.3 is 6.09 Å². The summed E-state index contributed by atoms with van der Waals surface area (Å²) in [6.45, 7) is 5.60. The number of ether oxygens (including phenoxy) is 1. The van der Waals surface area contributed by atoms with E-state index in [1.54, 1.807) is 24.0 Å². The number of benzene rings is 1. The first-order chi connectivity index (χ1) is 19.9. The second kappa shape index (κ2) is 10.4. The zero-order valence-corrected chi connectivity index (χ0v) is 25.4. The Morgan fingerprint density at radius 2 is 1.69 bits per heavy atom. The first-order valence-corrected chi connectivity index (χ1v) is 16.2. The smallest absolute Gasteiger partial charge is 0.410 e. The zero-order chi connectivity index (χ0) is 29.8. The Morgan fingerprint density at radius 3 is 2.26 bits per heavy atom. The molecule has 0 radical (unpaired) electrons. The predicted molar refractivity (Wildman–Crippen MR) is 161 cm³/mol. The number of nitrogens with zero attached hydrogens (tertiary/aromatic N) is 5. The Kier molecular flexibility index (Phi) is 6.95. The fourth-order valence-electron chi connectivity index (χ4n) is 6.41. The third-order valence-corrected chi connectivity index (χ3v) is 9.25. The number of piperidine rings is 1. The Bertz CT molecular complexity index is 1730. The molecule has 5 heterocycles. The summed E-state index contributed by atoms with van der Waals surface area (Å²) in [7, 11) is -1.99. The van der Waals surface area contributed by atoms with Gasteiger partial charge in [0, 0.05) is 54.2 Å². The molecule has 6 rings (SSSR count). The molecule has 4 aromatic rings. The molecule has 220 valence electrons. The van der Waals surface area contributed by atoms with E-state index in [4.69, 9.17) is 9.72 Å². The molecular formula is C31H36N6O4S. The van der Waals surface area contributed by atoms with Crippen LogP contribution in [0.5, 0.6) is 0 Å². The zero-order valence-electron chi connectivity index (χ0n) is 24.5. The Balaban J connectivity index is 1.42. The number of carbonyl (C=O) groups is 1. The molecule has 1 N–H and O–H groups in total. The van der Waals surface area contributed by atoms with Gasteiger partial charge in [-0.3, -0.25) is 4.98 Å². The van der Waals surface area contributed by atoms with Gasteiger partial charge in [0.25, 0.3) is 0 Å². The standard InChI is InChI=1S/C31H36N6O4S/c1-31(2,3)41-30(38)36-22-12-13-23(36)16-21(15-22)26-27(42(5,39)40)29(32-4)37-28(35-26)24(18-34-37)20-11-14-25(33-17-20)19-9-7-6-8-10-19/h6-11,14,17-18,21-23,32H,12-13,15-16H2,1-5H3/t21?,22-,23?/m1/s1. The molecule has 2 aliphatic heterocycles. The van der Waals surface area contributed by atoms with Gasteiger partial charge in [-0.05, 0) is 52.5 Å². The van der Waals surface area contributed by atoms with E-state index in [9.17, 15) is 13.2 Å². The van der Waals surface area contributed by atoms with Crippen molar-refractivity contribution in [1.29, 1.82) is 0 Å². The summed E-state index contributed by atoms with van der Waals surface area (Å²) in [4.78, 5) is 24.8. The number of aromatic nitrogens is 4. The van der Waals surface area contributed by atoms with Crippen molar-refractivity contribution < 1.29 is 17.9 Å². The highest BCUT2D eigenvalue weighted by molar-refractivity contribution is 7.91. The molecule has 2 fully saturated rings. The Labute approximate surface area is 246 Å². The van der Waals surface area contributed by atoms with Crippen molar-refractivity contribution >= 4 is 27.4 Å². The third kappa shape index (κ3) is 5.10. The lowest BCUT2D eigenvalue weighted by molar-refractivity contribution is 0.00559. The number of carbonyl (C=O) groups excluding carboxylic acids is 1. The molecule has 2 unspecified atom stereocenters. The predicted octanol–water partition coefficient (Wildman–Crippen LogP) is 5.55. The third-order valence-electron chi connectivity index (χ3n) is 8.11. The highest BCUT2D eigenvalue weighted by atomic mass is 32.2. The van der Waals surface area contributed by atoms with Gasteiger partial charge in [-0.15, -0.1) is 0 Å². The average molecular weight is 589 g/mol. The summed E-state index contributed by atoms with van der Waals surface area (Å²) in [5, 5.41) is 7.64. The maximum Gasteiger partial charge on any atom is 0.410 e. The first-order valence-electron chi connectivity index (χ1n) is 14.3. The SMILES string of the molecule is CNc1c(S(C)(=O)=O)c(C2CC3CC[C@H](C2)N3C(=O)OC(C)(C)C)nc2c(-c3ccc(-c4ccccc4)nc3)cnn12. The quantitative estimate of drug-likeness (QED) is 0.322. The minimum atomic E-state index is -3.68. The van der Waals surface area contributed by atoms with Crippen molar-refractivity contribution in [3.8, 4) is 22.4 Å². The van der Waals surface area contributed by atoms with Crippen molar-refractivity contribution in [2.45, 2.75) is 75.0 Å². The molecule has 1 amide bonds. The number of hydrogen-bond donors (Lipinski definition) is 1. The van der Waals surface area contributed by atoms with Crippen LogP contribution in [0.4, 0.5) is 10.6 Å². The van der Waals surface area contributed by atoms with Crippen LogP contribution in [0.2, 0.25) is 0 Å². The number of hydrogen-bond acceptors (Lipinski definition) is 8. The molecule has 3 aromatic heterocycles. The monoisotopic (exact) mass is 588 g/mol. The lowest BCUT2D eigenvalue weighted by Gasteiger charge is -2.39. The van der Waals surface area contributed by atoms with Crippen LogP contribution in [0, 0.1) is 0 Å². The second-order valence-corrected chi connectivity index (χ2v) is 14.2. The summed E-state index contributed by atoms with van der Waals surface area (Å²) in [5.41, 5.74) is 3.95. The number of sulfone groups is 1. The fraction of sp³-hybridized carbons (Fsp3) is 0.419. The molecular weight excluding hydrogens is 552 g/mol. The van der Waals surface area contributed by atoms with Gasteiger partial charge < -0.3 is 15.0 Å². The van der Waals surface area contributed by atoms with Gasteiger partial charge in [-0.1, -0.05) is 36.4 Å². The molecule has 2 bridgehead atoms. The van der Waals surface area contributed by atoms with E-state index in [1.807, 2.05) is 68.1 Å². The summed E-state index contributed by atoms with van der Waals surface area (Å²) >= 11 is 0. The molecule has 0 saturated carbocycles. The normalized spacial score (nSPS) is 20.6. The van der Waals surface area contributed by atoms with Crippen LogP contribution < -0.4 is 5.32 Å². The van der Waals surface area contributed by atoms with Crippen molar-refractivity contribution in [3.63, 3.8) is 0 Å². The van der Waals surface area contributed by atoms with Gasteiger partial charge in [0.1, 0.15) is 16.3 Å². The molecule has 1 aromatic carbocycles. The summed E-state index contributed by atoms with van der Waals surface area (Å²) in [6, 6.07) is 13.8. The lowest BCUT2D eigenvalue weighted by Crippen LogP contribution is -2.48. The Morgan fingerprint density at radius 1 is 1.00 bits per heavy atom. The van der Waals surface area contributed by atoms with E-state index in [1.165, 1.54) is 6.26 Å². The van der Waals surface area contributed by atoms with E-state index < -0.39 is 15.4 Å². The number of amides is 1. The maximum atomic E-state index is 13.3. The van der Waals surface area contributed by atoms with Crippen molar-refractivity contribution in [3.05, 3.63) is 60.6 Å². The average Bonchev–Trinajstić information content (AvgIpc) is 3.49. The highest BCUT2D eigenvalue weighted by Gasteiger charge is 2.46. The van der Waals surface area contributed by atoms with Gasteiger partial charge in [-0.2, -0.15) is 9.61 Å². The van der Waals surface area contributed by atoms with Crippen LogP contribution >= 0.6 is 0 Å². The van der Waals surface area contributed by atoms with E-state index >= 15 is 0 Å². The second-order valence-electron chi connectivity index (χ2n) is 12.2. The van der Waals surface area contributed by atoms with Crippen molar-refractivity contribution in [2.24, 2.45) is 0 Å². The summed E-state index contributed by atoms with van der Waals surface area (Å²) in [5.74, 6) is 0.226. The van der Waals surface area contributed by atoms with Gasteiger partial charge in [0.05, 0.1) is 17.6 Å². The van der Waals surface area contributed by atoms with Gasteiger partial charge in [0.15, 0.2) is 15.5 Å². The van der Waals surface area contributed by atoms with E-state index in [2.05, 4.69) is 15.4 Å². The minimum absolute atomic E-state index is 0.0359. The molecule has 10 nitrogen and oxygen atoms in total. The largest absolute Gasteiger partial charge is 0.444 e. The van der Waals surface area contributed by atoms with Crippen LogP contribution in [0.1, 0.15) is 58.1 Å². The minimum Gasteiger partial charge on any atom is -0.444 e. The number of rotatable bonds is 5. The van der Waals surface area contributed by atoms with E-state index in [-0.39, 0.29) is 29.0 Å². The maximum absolute atomic E-state index is 13.3. The first kappa shape index (κ1) is 28.1. The summed E-state index contributed by atoms with van der Waals surface area (Å²) in [6.07, 6.45) is 7.33. The molecule has 2 aliphatic rings. The van der Waals surface area contributed by atoms with E-state index in [0.29, 0.717) is 30.0 Å². The summed E-state index contributed by atoms with van der Waals surface area (Å²) < 4.78 is 33.8. The van der Waals surface area contributed by atoms with Crippen LogP contribution in [-0.4, -0.2) is 70.0 Å². The lowest BCUT2D eigenvalue weighted by atomic mass is 9.88. The number of fused-ring (bicyclic) bond motifs is 3.